The molecular weight excluding hydrogens is 286 g/mol. The van der Waals surface area contributed by atoms with E-state index in [1.165, 1.54) is 28.3 Å². The van der Waals surface area contributed by atoms with Gasteiger partial charge in [0.25, 0.3) is 0 Å². The van der Waals surface area contributed by atoms with Gasteiger partial charge in [-0.25, -0.2) is 22.3 Å². The summed E-state index contributed by atoms with van der Waals surface area (Å²) >= 11 is 0. The molecule has 0 aliphatic heterocycles. The topological polar surface area (TPSA) is 90.0 Å². The predicted molar refractivity (Wildman–Crippen MR) is 77.6 cm³/mol. The molecule has 0 bridgehead atoms. The van der Waals surface area contributed by atoms with E-state index >= 15 is 0 Å². The fraction of sp³-hybridized carbons (Fsp3) is 0.500. The van der Waals surface area contributed by atoms with Crippen LogP contribution in [0.1, 0.15) is 6.92 Å². The number of hydrogen-bond donors (Lipinski definition) is 0. The molecule has 7 nitrogen and oxygen atoms in total. The maximum absolute atomic E-state index is 10.3. The number of hydrogen-bond acceptors (Lipinski definition) is 6. The lowest BCUT2D eigenvalue weighted by atomic mass is 10.4. The second-order valence-electron chi connectivity index (χ2n) is 3.54. The highest BCUT2D eigenvalue weighted by Gasteiger charge is 2.01. The van der Waals surface area contributed by atoms with Crippen LogP contribution in [0, 0.1) is 0 Å². The van der Waals surface area contributed by atoms with E-state index in [9.17, 15) is 18.0 Å². The van der Waals surface area contributed by atoms with Crippen LogP contribution in [0.5, 0.6) is 0 Å². The number of nitrogens with zero attached hydrogens (tertiary/aromatic N) is 1. The monoisotopic (exact) mass is 309 g/mol. The van der Waals surface area contributed by atoms with Crippen LogP contribution in [0.15, 0.2) is 24.8 Å². The molecule has 0 fully saturated rings. The van der Waals surface area contributed by atoms with Crippen LogP contribution in [0.4, 0.5) is 0 Å². The summed E-state index contributed by atoms with van der Waals surface area (Å²) in [6.07, 6.45) is 2.27. The molecule has 0 aromatic carbocycles. The molecular formula is C12H23NO6S. The van der Waals surface area contributed by atoms with Crippen molar-refractivity contribution in [1.82, 2.24) is 4.31 Å². The van der Waals surface area contributed by atoms with E-state index in [0.717, 1.165) is 16.6 Å². The van der Waals surface area contributed by atoms with Gasteiger partial charge in [0.1, 0.15) is 0 Å². The molecule has 20 heavy (non-hydrogen) atoms. The highest BCUT2D eigenvalue weighted by Crippen LogP contribution is 1.87. The van der Waals surface area contributed by atoms with Gasteiger partial charge in [-0.2, -0.15) is 0 Å². The largest absolute Gasteiger partial charge is 0.466 e. The molecule has 0 unspecified atom stereocenters. The smallest absolute Gasteiger partial charge is 0.332 e. The van der Waals surface area contributed by atoms with Crippen LogP contribution < -0.4 is 0 Å². The van der Waals surface area contributed by atoms with E-state index in [1.54, 1.807) is 6.92 Å². The lowest BCUT2D eigenvalue weighted by molar-refractivity contribution is -0.136. The van der Waals surface area contributed by atoms with Crippen LogP contribution in [-0.4, -0.2) is 59.2 Å². The van der Waals surface area contributed by atoms with Crippen LogP contribution >= 0.6 is 0 Å². The first-order chi connectivity index (χ1) is 8.93. The van der Waals surface area contributed by atoms with Crippen molar-refractivity contribution in [2.75, 3.05) is 34.6 Å². The molecule has 0 saturated heterocycles. The molecule has 0 spiro atoms. The zero-order valence-corrected chi connectivity index (χ0v) is 13.6. The van der Waals surface area contributed by atoms with Crippen molar-refractivity contribution in [3.63, 3.8) is 0 Å². The van der Waals surface area contributed by atoms with Gasteiger partial charge in [-0.15, -0.1) is 0 Å². The Morgan fingerprint density at radius 1 is 1.15 bits per heavy atom. The Morgan fingerprint density at radius 2 is 1.50 bits per heavy atom. The average molecular weight is 309 g/mol. The molecule has 0 aromatic heterocycles. The summed E-state index contributed by atoms with van der Waals surface area (Å²) in [6.45, 7) is 8.11. The quantitative estimate of drug-likeness (QED) is 0.560. The summed E-state index contributed by atoms with van der Waals surface area (Å²) in [6, 6.07) is 0. The maximum Gasteiger partial charge on any atom is 0.332 e. The lowest BCUT2D eigenvalue weighted by Crippen LogP contribution is -2.19. The van der Waals surface area contributed by atoms with Gasteiger partial charge in [-0.05, 0) is 6.92 Å². The van der Waals surface area contributed by atoms with Crippen molar-refractivity contribution < 1.29 is 27.5 Å². The van der Waals surface area contributed by atoms with Gasteiger partial charge < -0.3 is 9.47 Å². The number of carbonyl (C=O) groups is 2. The van der Waals surface area contributed by atoms with Crippen molar-refractivity contribution in [2.24, 2.45) is 0 Å². The Morgan fingerprint density at radius 3 is 1.50 bits per heavy atom. The molecule has 0 saturated carbocycles. The predicted octanol–water partition coefficient (Wildman–Crippen LogP) is 0.589. The van der Waals surface area contributed by atoms with Gasteiger partial charge in [-0.1, -0.05) is 13.2 Å². The molecule has 0 heterocycles. The van der Waals surface area contributed by atoms with Crippen LogP contribution in [-0.2, 0) is 29.1 Å². The van der Waals surface area contributed by atoms with Crippen LogP contribution in [0.3, 0.4) is 0 Å². The van der Waals surface area contributed by atoms with Gasteiger partial charge in [-0.3, -0.25) is 0 Å². The summed E-state index contributed by atoms with van der Waals surface area (Å²) in [4.78, 5) is 20.0. The summed E-state index contributed by atoms with van der Waals surface area (Å²) in [7, 11) is 2.72. The van der Waals surface area contributed by atoms with Crippen molar-refractivity contribution in [2.45, 2.75) is 6.92 Å². The van der Waals surface area contributed by atoms with Crippen molar-refractivity contribution in [3.8, 4) is 0 Å². The van der Waals surface area contributed by atoms with Crippen molar-refractivity contribution >= 4 is 22.0 Å². The molecule has 0 aliphatic carbocycles. The molecule has 0 N–H and O–H groups in total. The van der Waals surface area contributed by atoms with Gasteiger partial charge in [0.05, 0.1) is 20.5 Å². The minimum atomic E-state index is -2.91. The van der Waals surface area contributed by atoms with Crippen LogP contribution in [0.25, 0.3) is 0 Å². The number of esters is 2. The van der Waals surface area contributed by atoms with Gasteiger partial charge >= 0.3 is 11.9 Å². The molecule has 8 heteroatoms. The third kappa shape index (κ3) is 18.7. The highest BCUT2D eigenvalue weighted by molar-refractivity contribution is 7.88. The summed E-state index contributed by atoms with van der Waals surface area (Å²) in [5.41, 5.74) is 0.433. The highest BCUT2D eigenvalue weighted by atomic mass is 32.2. The second-order valence-corrected chi connectivity index (χ2v) is 5.74. The fourth-order valence-electron chi connectivity index (χ4n) is 0.258. The molecule has 0 aromatic rings. The normalized spacial score (nSPS) is 9.15. The average Bonchev–Trinajstić information content (AvgIpc) is 2.36. The van der Waals surface area contributed by atoms with E-state index in [4.69, 9.17) is 0 Å². The molecule has 0 amide bonds. The molecule has 118 valence electrons. The summed E-state index contributed by atoms with van der Waals surface area (Å²) in [5.74, 6) is -0.741. The third-order valence-electron chi connectivity index (χ3n) is 1.56. The number of ether oxygens (including phenoxy) is 2. The zero-order valence-electron chi connectivity index (χ0n) is 12.8. The number of methoxy groups -OCH3 is 2. The second kappa shape index (κ2) is 12.4. The SMILES string of the molecule is C=C(C)C(=O)OC.C=CC(=O)OC.CN(C)S(C)(=O)=O. The maximum atomic E-state index is 10.3. The van der Waals surface area contributed by atoms with Gasteiger partial charge in [0.2, 0.25) is 10.0 Å². The Kier molecular flexibility index (Phi) is 14.5. The van der Waals surface area contributed by atoms with E-state index in [0.29, 0.717) is 5.57 Å². The molecule has 0 radical (unpaired) electrons. The minimum Gasteiger partial charge on any atom is -0.466 e. The first kappa shape index (κ1) is 23.4. The standard InChI is InChI=1S/C5H8O2.C4H6O2.C3H9NO2S/c1-4(2)5(6)7-3;1-3-4(5)6-2;1-4(2)7(3,5)6/h1H2,2-3H3;3H,1H2,2H3;1-3H3. The van der Waals surface area contributed by atoms with Crippen molar-refractivity contribution in [3.05, 3.63) is 24.8 Å². The zero-order chi connectivity index (χ0) is 16.9. The van der Waals surface area contributed by atoms with Crippen LogP contribution in [0.2, 0.25) is 0 Å². The van der Waals surface area contributed by atoms with E-state index in [1.807, 2.05) is 0 Å². The van der Waals surface area contributed by atoms with Gasteiger partial charge in [0.15, 0.2) is 0 Å². The van der Waals surface area contributed by atoms with E-state index < -0.39 is 16.0 Å². The molecule has 0 aliphatic rings. The summed E-state index contributed by atoms with van der Waals surface area (Å²) < 4.78 is 30.1. The number of sulfonamides is 1. The van der Waals surface area contributed by atoms with E-state index in [-0.39, 0.29) is 5.97 Å². The number of carbonyl (C=O) groups excluding carboxylic acids is 2. The van der Waals surface area contributed by atoms with Crippen molar-refractivity contribution in [1.29, 1.82) is 0 Å². The lowest BCUT2D eigenvalue weighted by Gasteiger charge is -2.02. The Bertz CT molecular complexity index is 425. The molecule has 0 rings (SSSR count). The first-order valence-corrected chi connectivity index (χ1v) is 7.10. The Balaban J connectivity index is -0.000000218. The Hall–Kier alpha value is -1.67. The summed E-state index contributed by atoms with van der Waals surface area (Å²) in [5, 5.41) is 0. The Labute approximate surface area is 120 Å². The fourth-order valence-corrected chi connectivity index (χ4v) is 0.258. The third-order valence-corrected chi connectivity index (χ3v) is 2.89. The van der Waals surface area contributed by atoms with Gasteiger partial charge in [0, 0.05) is 25.7 Å². The minimum absolute atomic E-state index is 0.347. The first-order valence-electron chi connectivity index (χ1n) is 5.25. The van der Waals surface area contributed by atoms with E-state index in [2.05, 4.69) is 22.6 Å². The molecule has 0 atom stereocenters. The number of rotatable bonds is 3.